The standard InChI is InChI=1S/C31H30N2O7S2/c1-5-17-41-26-18-25(34)32(26)27(28(35)39-19-20-13-15-22(16-14-20)33(37)38)29(42-30(36)31(2,3)4)40-24-12-8-10-21-9-6-7-11-23(21)24/h5-16,26H,1,17-19H2,2-4H3. The van der Waals surface area contributed by atoms with Crippen molar-refractivity contribution in [1.29, 1.82) is 0 Å². The molecule has 1 saturated heterocycles. The van der Waals surface area contributed by atoms with E-state index in [2.05, 4.69) is 6.58 Å². The predicted octanol–water partition coefficient (Wildman–Crippen LogP) is 6.82. The lowest BCUT2D eigenvalue weighted by Gasteiger charge is -2.40. The van der Waals surface area contributed by atoms with Crippen molar-refractivity contribution in [3.05, 3.63) is 106 Å². The molecule has 42 heavy (non-hydrogen) atoms. The van der Waals surface area contributed by atoms with Gasteiger partial charge in [-0.1, -0.05) is 63.2 Å². The first kappa shape index (κ1) is 30.9. The number of hydrogen-bond acceptors (Lipinski definition) is 9. The van der Waals surface area contributed by atoms with Crippen LogP contribution in [0, 0.1) is 15.5 Å². The van der Waals surface area contributed by atoms with Gasteiger partial charge in [0.05, 0.1) is 16.7 Å². The quantitative estimate of drug-likeness (QED) is 0.0441. The number of rotatable bonds is 11. The normalized spacial score (nSPS) is 15.5. The van der Waals surface area contributed by atoms with Gasteiger partial charge in [0.2, 0.25) is 11.0 Å². The summed E-state index contributed by atoms with van der Waals surface area (Å²) in [5.41, 5.74) is -0.551. The van der Waals surface area contributed by atoms with Gasteiger partial charge in [-0.2, -0.15) is 0 Å². The maximum atomic E-state index is 13.8. The van der Waals surface area contributed by atoms with Gasteiger partial charge < -0.3 is 9.47 Å². The fraction of sp³-hybridized carbons (Fsp3) is 0.258. The molecule has 1 aliphatic heterocycles. The van der Waals surface area contributed by atoms with Gasteiger partial charge in [0.25, 0.3) is 5.69 Å². The first-order valence-electron chi connectivity index (χ1n) is 13.1. The Morgan fingerprint density at radius 2 is 1.79 bits per heavy atom. The number of likely N-dealkylation sites (tertiary alicyclic amines) is 1. The largest absolute Gasteiger partial charge is 0.456 e. The molecule has 3 aromatic rings. The molecule has 1 amide bonds. The van der Waals surface area contributed by atoms with Crippen LogP contribution >= 0.6 is 23.5 Å². The zero-order valence-corrected chi connectivity index (χ0v) is 25.0. The monoisotopic (exact) mass is 606 g/mol. The first-order chi connectivity index (χ1) is 20.0. The molecule has 1 aliphatic rings. The average molecular weight is 607 g/mol. The number of β-lactam (4-membered cyclic amide) rings is 1. The highest BCUT2D eigenvalue weighted by molar-refractivity contribution is 8.16. The van der Waals surface area contributed by atoms with Gasteiger partial charge in [0.1, 0.15) is 12.4 Å². The number of hydrogen-bond donors (Lipinski definition) is 0. The van der Waals surface area contributed by atoms with E-state index in [0.29, 0.717) is 17.1 Å². The van der Waals surface area contributed by atoms with Crippen molar-refractivity contribution in [3.63, 3.8) is 0 Å². The molecule has 0 N–H and O–H groups in total. The number of benzene rings is 3. The van der Waals surface area contributed by atoms with Crippen molar-refractivity contribution in [2.45, 2.75) is 39.2 Å². The lowest BCUT2D eigenvalue weighted by Crippen LogP contribution is -2.52. The van der Waals surface area contributed by atoms with Gasteiger partial charge in [-0.3, -0.25) is 24.6 Å². The summed E-state index contributed by atoms with van der Waals surface area (Å²) in [5.74, 6) is -0.245. The molecule has 1 heterocycles. The van der Waals surface area contributed by atoms with Crippen LogP contribution in [-0.4, -0.2) is 37.9 Å². The van der Waals surface area contributed by atoms with Crippen LogP contribution in [0.15, 0.2) is 90.2 Å². The molecule has 1 unspecified atom stereocenters. The maximum absolute atomic E-state index is 13.8. The lowest BCUT2D eigenvalue weighted by atomic mass is 10.00. The third-order valence-corrected chi connectivity index (χ3v) is 8.66. The van der Waals surface area contributed by atoms with Crippen molar-refractivity contribution in [3.8, 4) is 5.75 Å². The zero-order chi connectivity index (χ0) is 30.4. The minimum Gasteiger partial charge on any atom is -0.456 e. The van der Waals surface area contributed by atoms with Crippen molar-refractivity contribution >= 4 is 57.0 Å². The van der Waals surface area contributed by atoms with E-state index in [1.54, 1.807) is 39.0 Å². The smallest absolute Gasteiger partial charge is 0.359 e. The third kappa shape index (κ3) is 7.21. The first-order valence-corrected chi connectivity index (χ1v) is 14.9. The second-order valence-electron chi connectivity index (χ2n) is 10.4. The third-order valence-electron chi connectivity index (χ3n) is 6.21. The van der Waals surface area contributed by atoms with Gasteiger partial charge in [-0.25, -0.2) is 4.79 Å². The van der Waals surface area contributed by atoms with Gasteiger partial charge in [0.15, 0.2) is 10.8 Å². The highest BCUT2D eigenvalue weighted by Crippen LogP contribution is 2.40. The molecule has 218 valence electrons. The summed E-state index contributed by atoms with van der Waals surface area (Å²) in [6.45, 7) is 8.78. The van der Waals surface area contributed by atoms with Crippen LogP contribution in [0.5, 0.6) is 5.75 Å². The van der Waals surface area contributed by atoms with Crippen molar-refractivity contribution in [2.75, 3.05) is 5.75 Å². The molecule has 0 aliphatic carbocycles. The number of ether oxygens (including phenoxy) is 2. The summed E-state index contributed by atoms with van der Waals surface area (Å²) in [7, 11) is 0. The molecule has 4 rings (SSSR count). The second kappa shape index (κ2) is 13.3. The Hall–Kier alpha value is -4.09. The zero-order valence-electron chi connectivity index (χ0n) is 23.4. The van der Waals surface area contributed by atoms with Crippen molar-refractivity contribution in [2.24, 2.45) is 5.41 Å². The molecule has 0 radical (unpaired) electrons. The maximum Gasteiger partial charge on any atom is 0.359 e. The molecule has 1 fully saturated rings. The number of amides is 1. The highest BCUT2D eigenvalue weighted by atomic mass is 32.2. The number of nitro groups is 1. The number of esters is 1. The molecule has 11 heteroatoms. The summed E-state index contributed by atoms with van der Waals surface area (Å²) in [4.78, 5) is 51.9. The number of nitro benzene ring substituents is 1. The molecule has 0 spiro atoms. The van der Waals surface area contributed by atoms with E-state index in [-0.39, 0.29) is 40.5 Å². The molecule has 0 aromatic heterocycles. The molecule has 1 atom stereocenters. The molecule has 9 nitrogen and oxygen atoms in total. The summed E-state index contributed by atoms with van der Waals surface area (Å²) >= 11 is 2.16. The second-order valence-corrected chi connectivity index (χ2v) is 12.6. The Labute approximate surface area is 252 Å². The van der Waals surface area contributed by atoms with E-state index >= 15 is 0 Å². The average Bonchev–Trinajstić information content (AvgIpc) is 2.96. The fourth-order valence-electron chi connectivity index (χ4n) is 3.92. The van der Waals surface area contributed by atoms with E-state index in [9.17, 15) is 24.5 Å². The predicted molar refractivity (Wildman–Crippen MR) is 164 cm³/mol. The molecule has 3 aromatic carbocycles. The van der Waals surface area contributed by atoms with Gasteiger partial charge in [0, 0.05) is 28.7 Å². The van der Waals surface area contributed by atoms with E-state index in [1.807, 2.05) is 30.3 Å². The summed E-state index contributed by atoms with van der Waals surface area (Å²) < 4.78 is 12.0. The minimum absolute atomic E-state index is 0.0720. The summed E-state index contributed by atoms with van der Waals surface area (Å²) in [6, 6.07) is 18.6. The Morgan fingerprint density at radius 1 is 1.10 bits per heavy atom. The fourth-order valence-corrected chi connectivity index (χ4v) is 5.79. The van der Waals surface area contributed by atoms with E-state index in [1.165, 1.54) is 40.9 Å². The number of fused-ring (bicyclic) bond motifs is 1. The summed E-state index contributed by atoms with van der Waals surface area (Å²) in [5, 5.41) is 11.9. The van der Waals surface area contributed by atoms with Crippen LogP contribution in [-0.2, 0) is 25.7 Å². The number of thioether (sulfide) groups is 2. The van der Waals surface area contributed by atoms with E-state index < -0.39 is 21.7 Å². The van der Waals surface area contributed by atoms with Crippen LogP contribution in [0.1, 0.15) is 32.8 Å². The van der Waals surface area contributed by atoms with E-state index in [0.717, 1.165) is 22.5 Å². The highest BCUT2D eigenvalue weighted by Gasteiger charge is 2.44. The SMILES string of the molecule is C=CCSC1CC(=O)N1C(C(=O)OCc1ccc([N+](=O)[O-])cc1)=C(Oc1cccc2ccccc12)SC(=O)C(C)(C)C. The van der Waals surface area contributed by atoms with Crippen LogP contribution in [0.3, 0.4) is 0 Å². The minimum atomic E-state index is -0.866. The number of non-ortho nitro benzene ring substituents is 1. The molecule has 0 saturated carbocycles. The molecular weight excluding hydrogens is 576 g/mol. The number of carbonyl (C=O) groups excluding carboxylic acids is 3. The molecule has 0 bridgehead atoms. The van der Waals surface area contributed by atoms with Gasteiger partial charge in [-0.15, -0.1) is 18.3 Å². The van der Waals surface area contributed by atoms with Gasteiger partial charge >= 0.3 is 5.97 Å². The van der Waals surface area contributed by atoms with E-state index in [4.69, 9.17) is 9.47 Å². The topological polar surface area (TPSA) is 116 Å². The van der Waals surface area contributed by atoms with Crippen molar-refractivity contribution in [1.82, 2.24) is 4.90 Å². The lowest BCUT2D eigenvalue weighted by molar-refractivity contribution is -0.384. The van der Waals surface area contributed by atoms with Crippen LogP contribution in [0.25, 0.3) is 10.8 Å². The van der Waals surface area contributed by atoms with Crippen LogP contribution < -0.4 is 4.74 Å². The Bertz CT molecular complexity index is 1560. The van der Waals surface area contributed by atoms with Crippen molar-refractivity contribution < 1.29 is 28.8 Å². The number of nitrogens with zero attached hydrogens (tertiary/aromatic N) is 2. The Balaban J connectivity index is 1.79. The van der Waals surface area contributed by atoms with Gasteiger partial charge in [-0.05, 0) is 40.9 Å². The van der Waals surface area contributed by atoms with Crippen LogP contribution in [0.2, 0.25) is 0 Å². The van der Waals surface area contributed by atoms with Crippen LogP contribution in [0.4, 0.5) is 5.69 Å². The Morgan fingerprint density at radius 3 is 2.43 bits per heavy atom. The Kier molecular flexibility index (Phi) is 9.74. The number of carbonyl (C=O) groups is 3. The molecular formula is C31H30N2O7S2. The summed E-state index contributed by atoms with van der Waals surface area (Å²) in [6.07, 6.45) is 1.89.